The summed E-state index contributed by atoms with van der Waals surface area (Å²) in [7, 11) is 3.75. The molecule has 0 amide bonds. The average molecular weight is 174 g/mol. The summed E-state index contributed by atoms with van der Waals surface area (Å²) in [5.74, 6) is 0. The van der Waals surface area contributed by atoms with Gasteiger partial charge in [0.05, 0.1) is 12.2 Å². The summed E-state index contributed by atoms with van der Waals surface area (Å²) in [5, 5.41) is 25.0. The third-order valence-corrected chi connectivity index (χ3v) is 2.66. The van der Waals surface area contributed by atoms with Crippen molar-refractivity contribution >= 4 is 0 Å². The van der Waals surface area contributed by atoms with Crippen LogP contribution in [0, 0.1) is 0 Å². The molecule has 0 heterocycles. The van der Waals surface area contributed by atoms with E-state index in [1.807, 2.05) is 14.1 Å². The number of aliphatic hydroxyl groups excluding tert-OH is 2. The third kappa shape index (κ3) is 1.95. The molecule has 1 aliphatic rings. The molecule has 4 N–H and O–H groups in total. The normalized spacial score (nSPS) is 43.0. The Labute approximate surface area is 73.0 Å². The van der Waals surface area contributed by atoms with Gasteiger partial charge in [0.25, 0.3) is 0 Å². The van der Waals surface area contributed by atoms with Crippen molar-refractivity contribution < 1.29 is 10.2 Å². The molecule has 0 spiro atoms. The quantitative estimate of drug-likeness (QED) is 0.419. The van der Waals surface area contributed by atoms with E-state index in [-0.39, 0.29) is 12.1 Å². The molecule has 72 valence electrons. The highest BCUT2D eigenvalue weighted by molar-refractivity contribution is 4.92. The summed E-state index contributed by atoms with van der Waals surface area (Å²) < 4.78 is 0. The van der Waals surface area contributed by atoms with Gasteiger partial charge in [-0.05, 0) is 26.9 Å². The molecule has 0 radical (unpaired) electrons. The smallest absolute Gasteiger partial charge is 0.0815 e. The maximum Gasteiger partial charge on any atom is 0.0815 e. The van der Waals surface area contributed by atoms with Crippen LogP contribution in [-0.4, -0.2) is 48.6 Å². The van der Waals surface area contributed by atoms with Crippen molar-refractivity contribution in [2.45, 2.75) is 37.1 Å². The minimum Gasteiger partial charge on any atom is -0.390 e. The van der Waals surface area contributed by atoms with Gasteiger partial charge in [-0.1, -0.05) is 0 Å². The molecule has 0 bridgehead atoms. The van der Waals surface area contributed by atoms with Gasteiger partial charge in [0.2, 0.25) is 0 Å². The van der Waals surface area contributed by atoms with Crippen LogP contribution in [0.15, 0.2) is 0 Å². The number of likely N-dealkylation sites (N-methyl/N-ethyl adjacent to an activating group) is 2. The molecule has 4 nitrogen and oxygen atoms in total. The summed E-state index contributed by atoms with van der Waals surface area (Å²) in [4.78, 5) is 0. The zero-order valence-corrected chi connectivity index (χ0v) is 7.62. The predicted octanol–water partition coefficient (Wildman–Crippen LogP) is -1.32. The summed E-state index contributed by atoms with van der Waals surface area (Å²) >= 11 is 0. The first-order valence-electron chi connectivity index (χ1n) is 4.39. The molecule has 2 unspecified atom stereocenters. The Morgan fingerprint density at radius 2 is 1.25 bits per heavy atom. The van der Waals surface area contributed by atoms with Gasteiger partial charge in [-0.3, -0.25) is 0 Å². The van der Waals surface area contributed by atoms with E-state index in [0.717, 1.165) is 0 Å². The minimum atomic E-state index is -0.577. The standard InChI is InChI=1S/C8H18N2O2/c1-9-5-3-7(11)8(12)4-6(5)10-2/h5-12H,3-4H2,1-2H3/t5-,6+,7?,8?. The number of hydrogen-bond donors (Lipinski definition) is 4. The second-order valence-electron chi connectivity index (χ2n) is 3.40. The highest BCUT2D eigenvalue weighted by Crippen LogP contribution is 2.19. The molecule has 1 rings (SSSR count). The molecule has 4 atom stereocenters. The van der Waals surface area contributed by atoms with Crippen molar-refractivity contribution in [3.05, 3.63) is 0 Å². The van der Waals surface area contributed by atoms with Crippen LogP contribution >= 0.6 is 0 Å². The van der Waals surface area contributed by atoms with Crippen LogP contribution in [0.4, 0.5) is 0 Å². The van der Waals surface area contributed by atoms with Gasteiger partial charge < -0.3 is 20.8 Å². The van der Waals surface area contributed by atoms with Crippen molar-refractivity contribution in [1.82, 2.24) is 10.6 Å². The first-order chi connectivity index (χ1) is 5.69. The van der Waals surface area contributed by atoms with Gasteiger partial charge in [-0.2, -0.15) is 0 Å². The third-order valence-electron chi connectivity index (χ3n) is 2.66. The fraction of sp³-hybridized carbons (Fsp3) is 1.00. The van der Waals surface area contributed by atoms with Gasteiger partial charge in [0.1, 0.15) is 0 Å². The first-order valence-corrected chi connectivity index (χ1v) is 4.39. The Morgan fingerprint density at radius 1 is 0.917 bits per heavy atom. The summed E-state index contributed by atoms with van der Waals surface area (Å²) in [6.07, 6.45) is 0.0749. The van der Waals surface area contributed by atoms with Crippen molar-refractivity contribution in [3.63, 3.8) is 0 Å². The monoisotopic (exact) mass is 174 g/mol. The van der Waals surface area contributed by atoms with Crippen LogP contribution < -0.4 is 10.6 Å². The fourth-order valence-electron chi connectivity index (χ4n) is 1.80. The highest BCUT2D eigenvalue weighted by atomic mass is 16.3. The molecule has 1 saturated carbocycles. The largest absolute Gasteiger partial charge is 0.390 e. The van der Waals surface area contributed by atoms with Crippen LogP contribution in [0.25, 0.3) is 0 Å². The molecule has 0 aromatic heterocycles. The van der Waals surface area contributed by atoms with Crippen LogP contribution in [0.3, 0.4) is 0 Å². The van der Waals surface area contributed by atoms with Crippen molar-refractivity contribution in [2.75, 3.05) is 14.1 Å². The summed E-state index contributed by atoms with van der Waals surface area (Å²) in [6.45, 7) is 0. The lowest BCUT2D eigenvalue weighted by atomic mass is 9.86. The topological polar surface area (TPSA) is 64.5 Å². The molecular weight excluding hydrogens is 156 g/mol. The minimum absolute atomic E-state index is 0.258. The SMILES string of the molecule is CN[C@H]1CC(O)C(O)C[C@H]1NC. The Hall–Kier alpha value is -0.160. The van der Waals surface area contributed by atoms with E-state index in [2.05, 4.69) is 10.6 Å². The van der Waals surface area contributed by atoms with E-state index in [9.17, 15) is 10.2 Å². The number of rotatable bonds is 2. The predicted molar refractivity (Wildman–Crippen MR) is 46.9 cm³/mol. The maximum absolute atomic E-state index is 9.37. The molecular formula is C8H18N2O2. The van der Waals surface area contributed by atoms with Crippen molar-refractivity contribution in [2.24, 2.45) is 0 Å². The number of hydrogen-bond acceptors (Lipinski definition) is 4. The molecule has 1 fully saturated rings. The Bertz CT molecular complexity index is 127. The van der Waals surface area contributed by atoms with E-state index in [1.165, 1.54) is 0 Å². The van der Waals surface area contributed by atoms with Crippen molar-refractivity contribution in [1.29, 1.82) is 0 Å². The van der Waals surface area contributed by atoms with Gasteiger partial charge in [-0.15, -0.1) is 0 Å². The van der Waals surface area contributed by atoms with Gasteiger partial charge in [0.15, 0.2) is 0 Å². The van der Waals surface area contributed by atoms with E-state index in [4.69, 9.17) is 0 Å². The number of nitrogens with one attached hydrogen (secondary N) is 2. The van der Waals surface area contributed by atoms with Gasteiger partial charge in [-0.25, -0.2) is 0 Å². The molecule has 0 aromatic rings. The molecule has 12 heavy (non-hydrogen) atoms. The molecule has 1 aliphatic carbocycles. The second-order valence-corrected chi connectivity index (χ2v) is 3.40. The molecule has 0 saturated heterocycles. The zero-order valence-electron chi connectivity index (χ0n) is 7.62. The lowest BCUT2D eigenvalue weighted by molar-refractivity contribution is -0.0272. The van der Waals surface area contributed by atoms with E-state index < -0.39 is 12.2 Å². The maximum atomic E-state index is 9.37. The van der Waals surface area contributed by atoms with Gasteiger partial charge >= 0.3 is 0 Å². The highest BCUT2D eigenvalue weighted by Gasteiger charge is 2.33. The lowest BCUT2D eigenvalue weighted by Crippen LogP contribution is -2.55. The van der Waals surface area contributed by atoms with Crippen LogP contribution in [0.1, 0.15) is 12.8 Å². The Morgan fingerprint density at radius 3 is 1.50 bits per heavy atom. The summed E-state index contributed by atoms with van der Waals surface area (Å²) in [6, 6.07) is 0.516. The zero-order chi connectivity index (χ0) is 9.14. The fourth-order valence-corrected chi connectivity index (χ4v) is 1.80. The van der Waals surface area contributed by atoms with Crippen LogP contribution in [0.2, 0.25) is 0 Å². The van der Waals surface area contributed by atoms with E-state index >= 15 is 0 Å². The van der Waals surface area contributed by atoms with Crippen molar-refractivity contribution in [3.8, 4) is 0 Å². The van der Waals surface area contributed by atoms with Crippen LogP contribution in [0.5, 0.6) is 0 Å². The Balaban J connectivity index is 2.52. The molecule has 4 heteroatoms. The Kier molecular flexibility index (Phi) is 3.46. The second kappa shape index (κ2) is 4.18. The summed E-state index contributed by atoms with van der Waals surface area (Å²) in [5.41, 5.74) is 0. The number of aliphatic hydroxyl groups is 2. The van der Waals surface area contributed by atoms with Gasteiger partial charge in [0, 0.05) is 12.1 Å². The molecule has 0 aromatic carbocycles. The van der Waals surface area contributed by atoms with E-state index in [1.54, 1.807) is 0 Å². The van der Waals surface area contributed by atoms with E-state index in [0.29, 0.717) is 12.8 Å². The average Bonchev–Trinajstić information content (AvgIpc) is 2.09. The molecule has 0 aliphatic heterocycles. The first kappa shape index (κ1) is 9.92. The lowest BCUT2D eigenvalue weighted by Gasteiger charge is -2.36. The van der Waals surface area contributed by atoms with Crippen LogP contribution in [-0.2, 0) is 0 Å².